The topological polar surface area (TPSA) is 26.7 Å². The number of hydrogen-bond acceptors (Lipinski definition) is 3. The van der Waals surface area contributed by atoms with Gasteiger partial charge in [-0.25, -0.2) is 0 Å². The van der Waals surface area contributed by atoms with Crippen molar-refractivity contribution in [3.63, 3.8) is 0 Å². The molecule has 20 heavy (non-hydrogen) atoms. The Bertz CT molecular complexity index is 279. The third-order valence-electron chi connectivity index (χ3n) is 5.08. The molecule has 0 aromatic rings. The van der Waals surface area contributed by atoms with Gasteiger partial charge in [0.2, 0.25) is 0 Å². The SMILES string of the molecule is C=CCCC(O)CN1CCN(C2CCC(C)CC2)CC1. The fraction of sp³-hybridized carbons (Fsp3) is 0.882. The quantitative estimate of drug-likeness (QED) is 0.757. The predicted molar refractivity (Wildman–Crippen MR) is 84.9 cm³/mol. The van der Waals surface area contributed by atoms with Crippen LogP contribution in [0.4, 0.5) is 0 Å². The van der Waals surface area contributed by atoms with Gasteiger partial charge < -0.3 is 5.11 Å². The standard InChI is InChI=1S/C17H32N2O/c1-3-4-5-17(20)14-18-10-12-19(13-11-18)16-8-6-15(2)7-9-16/h3,15-17,20H,1,4-14H2,2H3. The number of allylic oxidation sites excluding steroid dienone is 1. The molecule has 1 heterocycles. The summed E-state index contributed by atoms with van der Waals surface area (Å²) in [4.78, 5) is 5.12. The van der Waals surface area contributed by atoms with E-state index in [1.165, 1.54) is 38.8 Å². The maximum absolute atomic E-state index is 9.97. The third kappa shape index (κ3) is 4.87. The van der Waals surface area contributed by atoms with Crippen LogP contribution in [0.1, 0.15) is 45.4 Å². The Morgan fingerprint density at radius 3 is 2.40 bits per heavy atom. The summed E-state index contributed by atoms with van der Waals surface area (Å²) in [5.74, 6) is 0.938. The highest BCUT2D eigenvalue weighted by molar-refractivity contribution is 4.83. The molecule has 0 bridgehead atoms. The highest BCUT2D eigenvalue weighted by atomic mass is 16.3. The Kier molecular flexibility index (Phi) is 6.53. The summed E-state index contributed by atoms with van der Waals surface area (Å²) in [5.41, 5.74) is 0. The van der Waals surface area contributed by atoms with E-state index in [-0.39, 0.29) is 6.10 Å². The lowest BCUT2D eigenvalue weighted by atomic mass is 9.86. The van der Waals surface area contributed by atoms with Gasteiger partial charge in [0.15, 0.2) is 0 Å². The molecule has 1 unspecified atom stereocenters. The van der Waals surface area contributed by atoms with Crippen LogP contribution in [-0.4, -0.2) is 59.8 Å². The molecule has 0 radical (unpaired) electrons. The summed E-state index contributed by atoms with van der Waals surface area (Å²) < 4.78 is 0. The van der Waals surface area contributed by atoms with Crippen molar-refractivity contribution in [1.29, 1.82) is 0 Å². The summed E-state index contributed by atoms with van der Waals surface area (Å²) in [5, 5.41) is 9.97. The average Bonchev–Trinajstić information content (AvgIpc) is 2.47. The van der Waals surface area contributed by atoms with Crippen molar-refractivity contribution >= 4 is 0 Å². The molecule has 1 saturated carbocycles. The van der Waals surface area contributed by atoms with E-state index in [2.05, 4.69) is 23.3 Å². The van der Waals surface area contributed by atoms with Gasteiger partial charge in [-0.1, -0.05) is 13.0 Å². The van der Waals surface area contributed by atoms with Gasteiger partial charge >= 0.3 is 0 Å². The highest BCUT2D eigenvalue weighted by Crippen LogP contribution is 2.27. The molecular weight excluding hydrogens is 248 g/mol. The molecule has 0 aromatic carbocycles. The number of aliphatic hydroxyl groups excluding tert-OH is 1. The van der Waals surface area contributed by atoms with E-state index in [4.69, 9.17) is 0 Å². The largest absolute Gasteiger partial charge is 0.392 e. The van der Waals surface area contributed by atoms with Crippen LogP contribution in [0.5, 0.6) is 0 Å². The molecule has 0 aromatic heterocycles. The molecule has 2 aliphatic rings. The summed E-state index contributed by atoms with van der Waals surface area (Å²) in [7, 11) is 0. The molecule has 0 amide bonds. The zero-order valence-corrected chi connectivity index (χ0v) is 13.1. The first-order valence-corrected chi connectivity index (χ1v) is 8.44. The molecular formula is C17H32N2O. The van der Waals surface area contributed by atoms with E-state index < -0.39 is 0 Å². The van der Waals surface area contributed by atoms with Crippen molar-refractivity contribution < 1.29 is 5.11 Å². The number of rotatable bonds is 6. The van der Waals surface area contributed by atoms with Gasteiger partial charge in [0.1, 0.15) is 0 Å². The summed E-state index contributed by atoms with van der Waals surface area (Å²) in [6.07, 6.45) is 9.08. The monoisotopic (exact) mass is 280 g/mol. The molecule has 1 aliphatic heterocycles. The van der Waals surface area contributed by atoms with E-state index in [1.54, 1.807) is 0 Å². The zero-order valence-electron chi connectivity index (χ0n) is 13.1. The molecule has 116 valence electrons. The van der Waals surface area contributed by atoms with Crippen LogP contribution >= 0.6 is 0 Å². The Hall–Kier alpha value is -0.380. The highest BCUT2D eigenvalue weighted by Gasteiger charge is 2.27. The fourth-order valence-corrected chi connectivity index (χ4v) is 3.62. The second kappa shape index (κ2) is 8.16. The van der Waals surface area contributed by atoms with E-state index in [0.29, 0.717) is 0 Å². The van der Waals surface area contributed by atoms with E-state index in [0.717, 1.165) is 44.4 Å². The minimum absolute atomic E-state index is 0.185. The molecule has 1 aliphatic carbocycles. The van der Waals surface area contributed by atoms with Gasteiger partial charge in [0.25, 0.3) is 0 Å². The van der Waals surface area contributed by atoms with Crippen molar-refractivity contribution in [2.75, 3.05) is 32.7 Å². The van der Waals surface area contributed by atoms with Crippen LogP contribution in [0.2, 0.25) is 0 Å². The normalized spacial score (nSPS) is 31.1. The maximum Gasteiger partial charge on any atom is 0.0670 e. The Labute approximate surface area is 124 Å². The van der Waals surface area contributed by atoms with Crippen LogP contribution < -0.4 is 0 Å². The zero-order chi connectivity index (χ0) is 14.4. The van der Waals surface area contributed by atoms with Crippen LogP contribution in [0.15, 0.2) is 12.7 Å². The first-order chi connectivity index (χ1) is 9.69. The second-order valence-electron chi connectivity index (χ2n) is 6.77. The van der Waals surface area contributed by atoms with Crippen LogP contribution in [0.3, 0.4) is 0 Å². The second-order valence-corrected chi connectivity index (χ2v) is 6.77. The van der Waals surface area contributed by atoms with Gasteiger partial charge in [-0.15, -0.1) is 6.58 Å². The fourth-order valence-electron chi connectivity index (χ4n) is 3.62. The number of piperazine rings is 1. The molecule has 3 heteroatoms. The van der Waals surface area contributed by atoms with Crippen LogP contribution in [0, 0.1) is 5.92 Å². The molecule has 1 saturated heterocycles. The Balaban J connectivity index is 1.65. The number of hydrogen-bond donors (Lipinski definition) is 1. The first-order valence-electron chi connectivity index (χ1n) is 8.44. The molecule has 3 nitrogen and oxygen atoms in total. The average molecular weight is 280 g/mol. The smallest absolute Gasteiger partial charge is 0.0670 e. The molecule has 2 fully saturated rings. The molecule has 1 N–H and O–H groups in total. The minimum atomic E-state index is -0.185. The molecule has 1 atom stereocenters. The Morgan fingerprint density at radius 2 is 1.80 bits per heavy atom. The van der Waals surface area contributed by atoms with Crippen molar-refractivity contribution in [3.8, 4) is 0 Å². The van der Waals surface area contributed by atoms with Gasteiger partial charge in [-0.05, 0) is 44.4 Å². The van der Waals surface area contributed by atoms with Crippen LogP contribution in [0.25, 0.3) is 0 Å². The predicted octanol–water partition coefficient (Wildman–Crippen LogP) is 2.51. The van der Waals surface area contributed by atoms with E-state index in [1.807, 2.05) is 6.08 Å². The lowest BCUT2D eigenvalue weighted by molar-refractivity contribution is 0.0423. The third-order valence-corrected chi connectivity index (χ3v) is 5.08. The molecule has 2 rings (SSSR count). The maximum atomic E-state index is 9.97. The number of aliphatic hydroxyl groups is 1. The van der Waals surface area contributed by atoms with Crippen molar-refractivity contribution in [1.82, 2.24) is 9.80 Å². The van der Waals surface area contributed by atoms with E-state index in [9.17, 15) is 5.11 Å². The van der Waals surface area contributed by atoms with Gasteiger partial charge in [0, 0.05) is 38.8 Å². The Morgan fingerprint density at radius 1 is 1.15 bits per heavy atom. The lowest BCUT2D eigenvalue weighted by Gasteiger charge is -2.42. The van der Waals surface area contributed by atoms with Crippen molar-refractivity contribution in [2.24, 2.45) is 5.92 Å². The van der Waals surface area contributed by atoms with Gasteiger partial charge in [-0.2, -0.15) is 0 Å². The summed E-state index contributed by atoms with van der Waals surface area (Å²) in [6.45, 7) is 11.6. The van der Waals surface area contributed by atoms with E-state index >= 15 is 0 Å². The summed E-state index contributed by atoms with van der Waals surface area (Å²) in [6, 6.07) is 0.832. The summed E-state index contributed by atoms with van der Waals surface area (Å²) >= 11 is 0. The lowest BCUT2D eigenvalue weighted by Crippen LogP contribution is -2.52. The van der Waals surface area contributed by atoms with Gasteiger partial charge in [-0.3, -0.25) is 9.80 Å². The minimum Gasteiger partial charge on any atom is -0.392 e. The molecule has 0 spiro atoms. The number of β-amino-alcohol motifs (C(OH)–C–C–N with tert-alkyl or cyclic N) is 1. The first kappa shape index (κ1) is 16.0. The van der Waals surface area contributed by atoms with Crippen molar-refractivity contribution in [3.05, 3.63) is 12.7 Å². The van der Waals surface area contributed by atoms with Crippen LogP contribution in [-0.2, 0) is 0 Å². The van der Waals surface area contributed by atoms with Crippen molar-refractivity contribution in [2.45, 2.75) is 57.6 Å². The van der Waals surface area contributed by atoms with Gasteiger partial charge in [0.05, 0.1) is 6.10 Å². The number of nitrogens with zero attached hydrogens (tertiary/aromatic N) is 2.